The molecule has 20 heavy (non-hydrogen) atoms. The van der Waals surface area contributed by atoms with Crippen LogP contribution in [0.15, 0.2) is 24.3 Å². The van der Waals surface area contributed by atoms with Crippen molar-refractivity contribution in [3.63, 3.8) is 0 Å². The van der Waals surface area contributed by atoms with E-state index in [4.69, 9.17) is 0 Å². The highest BCUT2D eigenvalue weighted by Gasteiger charge is 2.45. The van der Waals surface area contributed by atoms with Crippen molar-refractivity contribution >= 4 is 0 Å². The van der Waals surface area contributed by atoms with Crippen molar-refractivity contribution in [1.82, 2.24) is 10.2 Å². The van der Waals surface area contributed by atoms with Gasteiger partial charge < -0.3 is 5.32 Å². The first-order chi connectivity index (χ1) is 9.49. The molecule has 0 atom stereocenters. The van der Waals surface area contributed by atoms with Crippen LogP contribution in [0.25, 0.3) is 0 Å². The lowest BCUT2D eigenvalue weighted by atomic mass is 9.86. The highest BCUT2D eigenvalue weighted by molar-refractivity contribution is 5.22. The van der Waals surface area contributed by atoms with Crippen LogP contribution in [-0.2, 0) is 6.54 Å². The van der Waals surface area contributed by atoms with Gasteiger partial charge in [-0.2, -0.15) is 0 Å². The average Bonchev–Trinajstić information content (AvgIpc) is 2.87. The molecule has 2 nitrogen and oxygen atoms in total. The summed E-state index contributed by atoms with van der Waals surface area (Å²) >= 11 is 0. The summed E-state index contributed by atoms with van der Waals surface area (Å²) in [6.07, 6.45) is 5.52. The maximum atomic E-state index is 3.77. The summed E-state index contributed by atoms with van der Waals surface area (Å²) in [6.45, 7) is 10.2. The van der Waals surface area contributed by atoms with Crippen LogP contribution in [-0.4, -0.2) is 29.1 Å². The van der Waals surface area contributed by atoms with Gasteiger partial charge in [-0.15, -0.1) is 0 Å². The third kappa shape index (κ3) is 2.77. The normalized spacial score (nSPS) is 25.1. The van der Waals surface area contributed by atoms with Gasteiger partial charge in [0.2, 0.25) is 0 Å². The molecule has 1 aromatic rings. The molecule has 2 fully saturated rings. The zero-order valence-corrected chi connectivity index (χ0v) is 13.2. The van der Waals surface area contributed by atoms with E-state index in [0.29, 0.717) is 5.54 Å². The van der Waals surface area contributed by atoms with Crippen molar-refractivity contribution in [2.75, 3.05) is 13.1 Å². The number of nitrogens with zero attached hydrogens (tertiary/aromatic N) is 1. The first-order valence-corrected chi connectivity index (χ1v) is 8.05. The Balaban J connectivity index is 1.80. The Morgan fingerprint density at radius 3 is 2.40 bits per heavy atom. The van der Waals surface area contributed by atoms with E-state index in [9.17, 15) is 0 Å². The molecule has 110 valence electrons. The Kier molecular flexibility index (Phi) is 3.64. The highest BCUT2D eigenvalue weighted by atomic mass is 15.3. The molecule has 0 amide bonds. The lowest BCUT2D eigenvalue weighted by molar-refractivity contribution is 0.0122. The molecule has 1 aromatic carbocycles. The molecule has 2 aliphatic rings. The summed E-state index contributed by atoms with van der Waals surface area (Å²) in [5.74, 6) is 0. The van der Waals surface area contributed by atoms with Crippen molar-refractivity contribution in [1.29, 1.82) is 0 Å². The predicted molar refractivity (Wildman–Crippen MR) is 84.9 cm³/mol. The first-order valence-electron chi connectivity index (χ1n) is 8.05. The smallest absolute Gasteiger partial charge is 0.0338 e. The van der Waals surface area contributed by atoms with Gasteiger partial charge in [-0.1, -0.05) is 42.7 Å². The third-order valence-electron chi connectivity index (χ3n) is 5.18. The number of hydrogen-bond donors (Lipinski definition) is 1. The first kappa shape index (κ1) is 14.1. The summed E-state index contributed by atoms with van der Waals surface area (Å²) in [6, 6.07) is 9.08. The molecular formula is C18H28N2. The van der Waals surface area contributed by atoms with Gasteiger partial charge in [0.25, 0.3) is 0 Å². The van der Waals surface area contributed by atoms with E-state index in [1.165, 1.54) is 36.8 Å². The number of nitrogens with one attached hydrogen (secondary N) is 1. The van der Waals surface area contributed by atoms with Crippen LogP contribution in [0.5, 0.6) is 0 Å². The summed E-state index contributed by atoms with van der Waals surface area (Å²) in [7, 11) is 0. The molecule has 0 unspecified atom stereocenters. The Bertz CT molecular complexity index is 455. The summed E-state index contributed by atoms with van der Waals surface area (Å²) in [5.41, 5.74) is 3.46. The second-order valence-corrected chi connectivity index (χ2v) is 7.51. The second-order valence-electron chi connectivity index (χ2n) is 7.51. The molecule has 0 bridgehead atoms. The molecule has 3 rings (SSSR count). The molecule has 0 radical (unpaired) electrons. The maximum Gasteiger partial charge on any atom is 0.0338 e. The fourth-order valence-electron chi connectivity index (χ4n) is 3.88. The van der Waals surface area contributed by atoms with Crippen molar-refractivity contribution in [2.24, 2.45) is 0 Å². The molecule has 1 saturated heterocycles. The van der Waals surface area contributed by atoms with Crippen molar-refractivity contribution in [3.05, 3.63) is 35.4 Å². The molecule has 1 N–H and O–H groups in total. The van der Waals surface area contributed by atoms with Gasteiger partial charge >= 0.3 is 0 Å². The Morgan fingerprint density at radius 1 is 1.10 bits per heavy atom. The van der Waals surface area contributed by atoms with Gasteiger partial charge in [0.05, 0.1) is 0 Å². The highest BCUT2D eigenvalue weighted by Crippen LogP contribution is 2.39. The quantitative estimate of drug-likeness (QED) is 0.886. The van der Waals surface area contributed by atoms with Gasteiger partial charge in [0.1, 0.15) is 0 Å². The summed E-state index contributed by atoms with van der Waals surface area (Å²) in [5, 5.41) is 3.77. The van der Waals surface area contributed by atoms with Crippen molar-refractivity contribution in [2.45, 2.75) is 64.1 Å². The van der Waals surface area contributed by atoms with Gasteiger partial charge in [0.15, 0.2) is 0 Å². The number of rotatable bonds is 2. The second kappa shape index (κ2) is 5.16. The maximum absolute atomic E-state index is 3.77. The SMILES string of the molecule is Cc1ccc(CN2CC(C)(C)NCC23CCCC3)cc1. The van der Waals surface area contributed by atoms with Crippen LogP contribution in [0.2, 0.25) is 0 Å². The van der Waals surface area contributed by atoms with Gasteiger partial charge in [0, 0.05) is 30.7 Å². The topological polar surface area (TPSA) is 15.3 Å². The van der Waals surface area contributed by atoms with Gasteiger partial charge in [-0.05, 0) is 39.2 Å². The Hall–Kier alpha value is -0.860. The van der Waals surface area contributed by atoms with E-state index in [2.05, 4.69) is 55.3 Å². The zero-order valence-electron chi connectivity index (χ0n) is 13.2. The minimum atomic E-state index is 0.235. The molecule has 1 aliphatic heterocycles. The van der Waals surface area contributed by atoms with Crippen LogP contribution in [0, 0.1) is 6.92 Å². The lowest BCUT2D eigenvalue weighted by Crippen LogP contribution is -2.66. The van der Waals surface area contributed by atoms with Crippen LogP contribution in [0.4, 0.5) is 0 Å². The van der Waals surface area contributed by atoms with E-state index in [1.54, 1.807) is 0 Å². The lowest BCUT2D eigenvalue weighted by Gasteiger charge is -2.51. The summed E-state index contributed by atoms with van der Waals surface area (Å²) in [4.78, 5) is 2.77. The van der Waals surface area contributed by atoms with Crippen LogP contribution >= 0.6 is 0 Å². The zero-order chi connectivity index (χ0) is 14.2. The number of benzene rings is 1. The molecule has 1 spiro atoms. The molecule has 2 heteroatoms. The van der Waals surface area contributed by atoms with E-state index < -0.39 is 0 Å². The van der Waals surface area contributed by atoms with Crippen LogP contribution in [0.1, 0.15) is 50.7 Å². The summed E-state index contributed by atoms with van der Waals surface area (Å²) < 4.78 is 0. The van der Waals surface area contributed by atoms with Crippen LogP contribution < -0.4 is 5.32 Å². The monoisotopic (exact) mass is 272 g/mol. The largest absolute Gasteiger partial charge is 0.309 e. The molecular weight excluding hydrogens is 244 g/mol. The minimum Gasteiger partial charge on any atom is -0.309 e. The van der Waals surface area contributed by atoms with E-state index >= 15 is 0 Å². The Labute approximate surface area is 123 Å². The minimum absolute atomic E-state index is 0.235. The average molecular weight is 272 g/mol. The predicted octanol–water partition coefficient (Wildman–Crippen LogP) is 3.49. The molecule has 0 aromatic heterocycles. The van der Waals surface area contributed by atoms with Gasteiger partial charge in [-0.3, -0.25) is 4.90 Å². The van der Waals surface area contributed by atoms with E-state index in [-0.39, 0.29) is 5.54 Å². The van der Waals surface area contributed by atoms with E-state index in [0.717, 1.165) is 19.6 Å². The number of aryl methyl sites for hydroxylation is 1. The Morgan fingerprint density at radius 2 is 1.75 bits per heavy atom. The van der Waals surface area contributed by atoms with Crippen molar-refractivity contribution in [3.8, 4) is 0 Å². The van der Waals surface area contributed by atoms with Gasteiger partial charge in [-0.25, -0.2) is 0 Å². The molecule has 1 saturated carbocycles. The van der Waals surface area contributed by atoms with Crippen molar-refractivity contribution < 1.29 is 0 Å². The molecule has 1 aliphatic carbocycles. The third-order valence-corrected chi connectivity index (χ3v) is 5.18. The van der Waals surface area contributed by atoms with E-state index in [1.807, 2.05) is 0 Å². The fourth-order valence-corrected chi connectivity index (χ4v) is 3.88. The number of hydrogen-bond acceptors (Lipinski definition) is 2. The molecule has 1 heterocycles. The standard InChI is InChI=1S/C18H28N2/c1-15-6-8-16(9-7-15)12-20-14-17(2,3)19-13-18(20)10-4-5-11-18/h6-9,19H,4-5,10-14H2,1-3H3. The van der Waals surface area contributed by atoms with Crippen LogP contribution in [0.3, 0.4) is 0 Å². The number of piperazine rings is 1. The fraction of sp³-hybridized carbons (Fsp3) is 0.667.